The molecule has 6 nitrogen and oxygen atoms in total. The average molecular weight is 364 g/mol. The number of ether oxygens (including phenoxy) is 2. The summed E-state index contributed by atoms with van der Waals surface area (Å²) in [6.07, 6.45) is 4.04. The van der Waals surface area contributed by atoms with Gasteiger partial charge in [0.2, 0.25) is 0 Å². The predicted octanol–water partition coefficient (Wildman–Crippen LogP) is 3.07. The summed E-state index contributed by atoms with van der Waals surface area (Å²) in [4.78, 5) is 17.3. The van der Waals surface area contributed by atoms with Crippen LogP contribution in [0.4, 0.5) is 0 Å². The number of nitrogens with zero attached hydrogens (tertiary/aromatic N) is 3. The fourth-order valence-corrected chi connectivity index (χ4v) is 3.08. The Balaban J connectivity index is 1.82. The molecule has 1 saturated heterocycles. The van der Waals surface area contributed by atoms with E-state index in [0.717, 1.165) is 12.0 Å². The lowest BCUT2D eigenvalue weighted by Gasteiger charge is -2.37. The third-order valence-corrected chi connectivity index (χ3v) is 4.76. The fraction of sp³-hybridized carbons (Fsp3) is 0.500. The van der Waals surface area contributed by atoms with Gasteiger partial charge in [-0.25, -0.2) is 9.67 Å². The second-order valence-corrected chi connectivity index (χ2v) is 7.04. The molecule has 0 saturated carbocycles. The molecule has 1 aliphatic rings. The third-order valence-electron chi connectivity index (χ3n) is 4.50. The highest BCUT2D eigenvalue weighted by Crippen LogP contribution is 2.32. The molecule has 0 amide bonds. The van der Waals surface area contributed by atoms with E-state index in [0.29, 0.717) is 24.7 Å². The van der Waals surface area contributed by atoms with E-state index in [1.807, 2.05) is 38.1 Å². The number of carbonyl (C=O) groups is 1. The lowest BCUT2D eigenvalue weighted by molar-refractivity contribution is -0.224. The number of benzene rings is 1. The van der Waals surface area contributed by atoms with Gasteiger partial charge in [-0.2, -0.15) is 5.10 Å². The van der Waals surface area contributed by atoms with E-state index in [4.69, 9.17) is 21.1 Å². The minimum absolute atomic E-state index is 0.0301. The minimum Gasteiger partial charge on any atom is -0.352 e. The smallest absolute Gasteiger partial charge is 0.168 e. The number of ketones is 1. The van der Waals surface area contributed by atoms with Crippen LogP contribution in [-0.2, 0) is 20.7 Å². The Morgan fingerprint density at radius 2 is 2.04 bits per heavy atom. The molecule has 1 aromatic heterocycles. The largest absolute Gasteiger partial charge is 0.352 e. The highest BCUT2D eigenvalue weighted by Gasteiger charge is 2.43. The summed E-state index contributed by atoms with van der Waals surface area (Å²) in [6.45, 7) is 4.56. The van der Waals surface area contributed by atoms with Crippen LogP contribution in [0.25, 0.3) is 0 Å². The van der Waals surface area contributed by atoms with Gasteiger partial charge in [0.05, 0.1) is 18.6 Å². The molecule has 0 spiro atoms. The molecular formula is C18H22ClN3O3. The molecule has 2 aromatic rings. The van der Waals surface area contributed by atoms with Gasteiger partial charge in [0.1, 0.15) is 18.7 Å². The zero-order chi connectivity index (χ0) is 17.9. The maximum atomic E-state index is 13.3. The Morgan fingerprint density at radius 3 is 2.60 bits per heavy atom. The van der Waals surface area contributed by atoms with Crippen LogP contribution in [-0.4, -0.2) is 40.1 Å². The van der Waals surface area contributed by atoms with Gasteiger partial charge in [-0.15, -0.1) is 0 Å². The van der Waals surface area contributed by atoms with E-state index < -0.39 is 11.5 Å². The van der Waals surface area contributed by atoms with Crippen LogP contribution in [0.2, 0.25) is 5.02 Å². The van der Waals surface area contributed by atoms with Crippen LogP contribution in [0.15, 0.2) is 36.9 Å². The summed E-state index contributed by atoms with van der Waals surface area (Å²) >= 11 is 5.95. The van der Waals surface area contributed by atoms with Crippen molar-refractivity contribution < 1.29 is 14.3 Å². The maximum absolute atomic E-state index is 13.3. The Hall–Kier alpha value is -1.76. The zero-order valence-corrected chi connectivity index (χ0v) is 15.1. The van der Waals surface area contributed by atoms with Crippen LogP contribution in [0.5, 0.6) is 0 Å². The Kier molecular flexibility index (Phi) is 5.51. The summed E-state index contributed by atoms with van der Waals surface area (Å²) < 4.78 is 13.0. The minimum atomic E-state index is -0.714. The lowest BCUT2D eigenvalue weighted by Crippen LogP contribution is -2.48. The van der Waals surface area contributed by atoms with Crippen molar-refractivity contribution in [2.24, 2.45) is 5.41 Å². The van der Waals surface area contributed by atoms with Gasteiger partial charge in [-0.3, -0.25) is 4.79 Å². The lowest BCUT2D eigenvalue weighted by atomic mass is 9.81. The zero-order valence-electron chi connectivity index (χ0n) is 14.4. The molecular weight excluding hydrogens is 342 g/mol. The molecule has 0 aliphatic carbocycles. The normalized spacial score (nSPS) is 24.8. The van der Waals surface area contributed by atoms with Crippen molar-refractivity contribution in [2.75, 3.05) is 13.2 Å². The van der Waals surface area contributed by atoms with Gasteiger partial charge < -0.3 is 9.47 Å². The van der Waals surface area contributed by atoms with Crippen molar-refractivity contribution in [1.82, 2.24) is 14.8 Å². The average Bonchev–Trinajstić information content (AvgIpc) is 3.16. The number of aromatic nitrogens is 3. The van der Waals surface area contributed by atoms with Crippen LogP contribution in [0.1, 0.15) is 31.9 Å². The molecule has 25 heavy (non-hydrogen) atoms. The first-order valence-electron chi connectivity index (χ1n) is 8.38. The van der Waals surface area contributed by atoms with Gasteiger partial charge in [0.25, 0.3) is 0 Å². The van der Waals surface area contributed by atoms with E-state index in [9.17, 15) is 4.79 Å². The molecule has 0 N–H and O–H groups in total. The van der Waals surface area contributed by atoms with Crippen molar-refractivity contribution >= 4 is 17.4 Å². The van der Waals surface area contributed by atoms with Gasteiger partial charge >= 0.3 is 0 Å². The number of Topliss-reactive ketones (excluding diaryl/α,β-unsaturated/α-hetero) is 1. The van der Waals surface area contributed by atoms with E-state index in [1.165, 1.54) is 6.33 Å². The number of halogens is 1. The van der Waals surface area contributed by atoms with Crippen LogP contribution >= 0.6 is 11.6 Å². The van der Waals surface area contributed by atoms with Gasteiger partial charge in [-0.05, 0) is 31.0 Å². The molecule has 2 heterocycles. The molecule has 0 radical (unpaired) electrons. The van der Waals surface area contributed by atoms with Gasteiger partial charge in [0.15, 0.2) is 12.1 Å². The van der Waals surface area contributed by atoms with E-state index in [2.05, 4.69) is 10.1 Å². The van der Waals surface area contributed by atoms with Crippen LogP contribution in [0, 0.1) is 5.41 Å². The SMILES string of the molecule is CCC1OCC(C)(C(=O)C(Cc2ccc(Cl)cc2)n2cncn2)CO1. The first-order valence-corrected chi connectivity index (χ1v) is 8.76. The molecule has 1 aromatic carbocycles. The van der Waals surface area contributed by atoms with E-state index in [1.54, 1.807) is 11.0 Å². The Morgan fingerprint density at radius 1 is 1.36 bits per heavy atom. The molecule has 1 fully saturated rings. The van der Waals surface area contributed by atoms with Crippen molar-refractivity contribution in [3.63, 3.8) is 0 Å². The van der Waals surface area contributed by atoms with Crippen molar-refractivity contribution in [3.05, 3.63) is 47.5 Å². The van der Waals surface area contributed by atoms with Crippen molar-refractivity contribution in [3.8, 4) is 0 Å². The fourth-order valence-electron chi connectivity index (χ4n) is 2.95. The second kappa shape index (κ2) is 7.64. The Labute approximate surface area is 152 Å². The number of hydrogen-bond acceptors (Lipinski definition) is 5. The molecule has 134 valence electrons. The number of hydrogen-bond donors (Lipinski definition) is 0. The molecule has 7 heteroatoms. The summed E-state index contributed by atoms with van der Waals surface area (Å²) in [5.74, 6) is 0.0301. The van der Waals surface area contributed by atoms with E-state index >= 15 is 0 Å². The molecule has 1 atom stereocenters. The quantitative estimate of drug-likeness (QED) is 0.789. The van der Waals surface area contributed by atoms with Gasteiger partial charge in [-0.1, -0.05) is 30.7 Å². The van der Waals surface area contributed by atoms with Crippen molar-refractivity contribution in [1.29, 1.82) is 0 Å². The topological polar surface area (TPSA) is 66.2 Å². The monoisotopic (exact) mass is 363 g/mol. The van der Waals surface area contributed by atoms with Crippen LogP contribution in [0.3, 0.4) is 0 Å². The Bertz CT molecular complexity index is 695. The molecule has 3 rings (SSSR count). The standard InChI is InChI=1S/C18H22ClN3O3/c1-3-16-24-9-18(2,10-25-16)17(23)15(22-12-20-11-21-22)8-13-4-6-14(19)7-5-13/h4-7,11-12,15-16H,3,8-10H2,1-2H3. The number of carbonyl (C=O) groups excluding carboxylic acids is 1. The van der Waals surface area contributed by atoms with E-state index in [-0.39, 0.29) is 12.1 Å². The highest BCUT2D eigenvalue weighted by atomic mass is 35.5. The summed E-state index contributed by atoms with van der Waals surface area (Å²) in [5.41, 5.74) is 0.292. The third kappa shape index (κ3) is 4.08. The maximum Gasteiger partial charge on any atom is 0.168 e. The number of rotatable bonds is 6. The first-order chi connectivity index (χ1) is 12.0. The summed E-state index contributed by atoms with van der Waals surface area (Å²) in [5, 5.41) is 4.85. The predicted molar refractivity (Wildman–Crippen MR) is 93.3 cm³/mol. The molecule has 1 unspecified atom stereocenters. The summed E-state index contributed by atoms with van der Waals surface area (Å²) in [7, 11) is 0. The second-order valence-electron chi connectivity index (χ2n) is 6.61. The van der Waals surface area contributed by atoms with Crippen LogP contribution < -0.4 is 0 Å². The first kappa shape index (κ1) is 18.0. The highest BCUT2D eigenvalue weighted by molar-refractivity contribution is 6.30. The molecule has 0 bridgehead atoms. The van der Waals surface area contributed by atoms with Gasteiger partial charge in [0, 0.05) is 11.4 Å². The van der Waals surface area contributed by atoms with Crippen molar-refractivity contribution in [2.45, 2.75) is 39.0 Å². The molecule has 1 aliphatic heterocycles. The summed E-state index contributed by atoms with van der Waals surface area (Å²) in [6, 6.07) is 7.01.